The van der Waals surface area contributed by atoms with Crippen LogP contribution < -0.4 is 15.5 Å². The van der Waals surface area contributed by atoms with Crippen molar-refractivity contribution in [1.82, 2.24) is 10.3 Å². The summed E-state index contributed by atoms with van der Waals surface area (Å²) in [5, 5.41) is 7.53. The van der Waals surface area contributed by atoms with Gasteiger partial charge in [0.1, 0.15) is 6.10 Å². The average Bonchev–Trinajstić information content (AvgIpc) is 3.18. The summed E-state index contributed by atoms with van der Waals surface area (Å²) < 4.78 is 5.57. The third-order valence-corrected chi connectivity index (χ3v) is 6.79. The predicted octanol–water partition coefficient (Wildman–Crippen LogP) is 4.17. The predicted molar refractivity (Wildman–Crippen MR) is 126 cm³/mol. The fourth-order valence-corrected chi connectivity index (χ4v) is 4.90. The van der Waals surface area contributed by atoms with Crippen molar-refractivity contribution in [2.24, 2.45) is 0 Å². The molecule has 0 spiro atoms. The van der Waals surface area contributed by atoms with Gasteiger partial charge in [-0.3, -0.25) is 14.7 Å². The van der Waals surface area contributed by atoms with Gasteiger partial charge in [-0.25, -0.2) is 4.79 Å². The third kappa shape index (κ3) is 4.42. The van der Waals surface area contributed by atoms with E-state index in [1.54, 1.807) is 4.90 Å². The van der Waals surface area contributed by atoms with E-state index in [1.807, 2.05) is 48.7 Å². The number of hydrogen-bond acceptors (Lipinski definition) is 6. The first-order chi connectivity index (χ1) is 15.7. The summed E-state index contributed by atoms with van der Waals surface area (Å²) in [7, 11) is 0. The van der Waals surface area contributed by atoms with Gasteiger partial charge in [0.15, 0.2) is 0 Å². The number of aromatic nitrogens is 1. The van der Waals surface area contributed by atoms with E-state index in [0.717, 1.165) is 47.7 Å². The molecule has 0 saturated carbocycles. The Bertz CT molecular complexity index is 1160. The van der Waals surface area contributed by atoms with Crippen molar-refractivity contribution in [1.29, 1.82) is 0 Å². The van der Waals surface area contributed by atoms with Crippen LogP contribution in [-0.2, 0) is 16.1 Å². The van der Waals surface area contributed by atoms with Crippen molar-refractivity contribution in [3.05, 3.63) is 60.3 Å². The van der Waals surface area contributed by atoms with Gasteiger partial charge >= 0.3 is 6.09 Å². The number of anilines is 2. The molecular formula is C24H24N4O3S. The number of fused-ring (bicyclic) bond motifs is 2. The molecule has 1 saturated heterocycles. The van der Waals surface area contributed by atoms with E-state index in [4.69, 9.17) is 4.74 Å². The molecule has 2 aliphatic heterocycles. The quantitative estimate of drug-likeness (QED) is 0.528. The minimum absolute atomic E-state index is 0.0196. The lowest BCUT2D eigenvalue weighted by Crippen LogP contribution is -2.25. The van der Waals surface area contributed by atoms with Crippen LogP contribution >= 0.6 is 11.8 Å². The zero-order valence-electron chi connectivity index (χ0n) is 17.5. The monoisotopic (exact) mass is 448 g/mol. The maximum Gasteiger partial charge on any atom is 0.414 e. The van der Waals surface area contributed by atoms with Crippen molar-refractivity contribution in [3.8, 4) is 0 Å². The number of carbonyl (C=O) groups excluding carboxylic acids is 2. The number of cyclic esters (lactones) is 1. The van der Waals surface area contributed by atoms with Crippen molar-refractivity contribution in [3.63, 3.8) is 0 Å². The molecule has 2 aliphatic rings. The maximum absolute atomic E-state index is 12.4. The lowest BCUT2D eigenvalue weighted by molar-refractivity contribution is -0.113. The zero-order chi connectivity index (χ0) is 21.9. The first-order valence-electron chi connectivity index (χ1n) is 10.8. The molecule has 8 heteroatoms. The van der Waals surface area contributed by atoms with Crippen LogP contribution in [0.2, 0.25) is 0 Å². The van der Waals surface area contributed by atoms with E-state index in [1.165, 1.54) is 22.7 Å². The molecule has 1 fully saturated rings. The summed E-state index contributed by atoms with van der Waals surface area (Å²) in [6.45, 7) is 2.14. The smallest absolute Gasteiger partial charge is 0.414 e. The molecule has 0 unspecified atom stereocenters. The Hall–Kier alpha value is -3.10. The summed E-state index contributed by atoms with van der Waals surface area (Å²) in [4.78, 5) is 31.1. The van der Waals surface area contributed by atoms with Crippen molar-refractivity contribution < 1.29 is 14.3 Å². The van der Waals surface area contributed by atoms with Gasteiger partial charge in [0.05, 0.1) is 23.5 Å². The van der Waals surface area contributed by atoms with Crippen molar-refractivity contribution in [2.45, 2.75) is 30.4 Å². The molecule has 1 atom stereocenters. The molecule has 1 aromatic heterocycles. The highest BCUT2D eigenvalue weighted by Gasteiger charge is 2.32. The molecule has 0 bridgehead atoms. The van der Waals surface area contributed by atoms with Crippen LogP contribution in [0.3, 0.4) is 0 Å². The number of para-hydroxylation sites is 1. The molecule has 3 aromatic rings. The number of benzene rings is 2. The minimum atomic E-state index is -0.332. The summed E-state index contributed by atoms with van der Waals surface area (Å²) >= 11 is 1.51. The van der Waals surface area contributed by atoms with E-state index in [-0.39, 0.29) is 18.1 Å². The summed E-state index contributed by atoms with van der Waals surface area (Å²) in [6, 6.07) is 15.9. The van der Waals surface area contributed by atoms with Crippen LogP contribution in [0.15, 0.2) is 59.6 Å². The van der Waals surface area contributed by atoms with Gasteiger partial charge in [0, 0.05) is 28.7 Å². The molecule has 164 valence electrons. The SMILES string of the molecule is O=C1CSc2ccc(N3C[C@H](CCCNCc4ccnc5ccccc45)OC3=O)cc2N1. The second-order valence-electron chi connectivity index (χ2n) is 7.94. The van der Waals surface area contributed by atoms with E-state index < -0.39 is 0 Å². The first kappa shape index (κ1) is 20.8. The van der Waals surface area contributed by atoms with Gasteiger partial charge in [-0.05, 0) is 55.3 Å². The van der Waals surface area contributed by atoms with E-state index in [2.05, 4.69) is 21.7 Å². The fourth-order valence-electron chi connectivity index (χ4n) is 4.11. The minimum Gasteiger partial charge on any atom is -0.444 e. The van der Waals surface area contributed by atoms with E-state index in [0.29, 0.717) is 12.3 Å². The van der Waals surface area contributed by atoms with Crippen LogP contribution in [0.25, 0.3) is 10.9 Å². The number of amides is 2. The zero-order valence-corrected chi connectivity index (χ0v) is 18.4. The molecule has 2 aromatic carbocycles. The molecular weight excluding hydrogens is 424 g/mol. The molecule has 0 aliphatic carbocycles. The number of pyridine rings is 1. The highest BCUT2D eigenvalue weighted by Crippen LogP contribution is 2.35. The fraction of sp³-hybridized carbons (Fsp3) is 0.292. The number of nitrogens with zero attached hydrogens (tertiary/aromatic N) is 2. The van der Waals surface area contributed by atoms with Gasteiger partial charge in [0.2, 0.25) is 5.91 Å². The number of ether oxygens (including phenoxy) is 1. The van der Waals surface area contributed by atoms with Crippen LogP contribution in [-0.4, -0.2) is 41.9 Å². The van der Waals surface area contributed by atoms with Gasteiger partial charge < -0.3 is 15.4 Å². The Kier molecular flexibility index (Phi) is 5.96. The summed E-state index contributed by atoms with van der Waals surface area (Å²) in [5.74, 6) is 0.403. The van der Waals surface area contributed by atoms with Crippen LogP contribution in [0, 0.1) is 0 Å². The molecule has 5 rings (SSSR count). The molecule has 2 amide bonds. The Labute approximate surface area is 190 Å². The topological polar surface area (TPSA) is 83.6 Å². The van der Waals surface area contributed by atoms with E-state index >= 15 is 0 Å². The van der Waals surface area contributed by atoms with Gasteiger partial charge in [-0.2, -0.15) is 0 Å². The highest BCUT2D eigenvalue weighted by molar-refractivity contribution is 8.00. The average molecular weight is 449 g/mol. The van der Waals surface area contributed by atoms with Crippen LogP contribution in [0.4, 0.5) is 16.2 Å². The number of thioether (sulfide) groups is 1. The lowest BCUT2D eigenvalue weighted by atomic mass is 10.1. The second kappa shape index (κ2) is 9.18. The van der Waals surface area contributed by atoms with Gasteiger partial charge in [-0.15, -0.1) is 11.8 Å². The number of nitrogens with one attached hydrogen (secondary N) is 2. The summed E-state index contributed by atoms with van der Waals surface area (Å²) in [5.41, 5.74) is 3.74. The number of rotatable bonds is 7. The summed E-state index contributed by atoms with van der Waals surface area (Å²) in [6.07, 6.45) is 3.08. The van der Waals surface area contributed by atoms with E-state index in [9.17, 15) is 9.59 Å². The number of carbonyl (C=O) groups is 2. The van der Waals surface area contributed by atoms with Gasteiger partial charge in [0.25, 0.3) is 0 Å². The largest absolute Gasteiger partial charge is 0.444 e. The normalized spacial score (nSPS) is 17.9. The molecule has 32 heavy (non-hydrogen) atoms. The number of hydrogen-bond donors (Lipinski definition) is 2. The van der Waals surface area contributed by atoms with Crippen LogP contribution in [0.1, 0.15) is 18.4 Å². The molecule has 3 heterocycles. The Morgan fingerprint density at radius 2 is 2.09 bits per heavy atom. The van der Waals surface area contributed by atoms with Crippen molar-refractivity contribution in [2.75, 3.05) is 29.1 Å². The maximum atomic E-state index is 12.4. The third-order valence-electron chi connectivity index (χ3n) is 5.72. The molecule has 7 nitrogen and oxygen atoms in total. The Morgan fingerprint density at radius 1 is 1.19 bits per heavy atom. The van der Waals surface area contributed by atoms with Gasteiger partial charge in [-0.1, -0.05) is 18.2 Å². The molecule has 0 radical (unpaired) electrons. The standard InChI is InChI=1S/C24H24N4O3S/c29-23-15-32-22-8-7-17(12-21(22)27-23)28-14-18(31-24(28)30)4-3-10-25-13-16-9-11-26-20-6-2-1-5-19(16)20/h1-2,5-9,11-12,18,25H,3-4,10,13-15H2,(H,27,29)/t18-/m0/s1. The lowest BCUT2D eigenvalue weighted by Gasteiger charge is -2.20. The first-order valence-corrected chi connectivity index (χ1v) is 11.7. The van der Waals surface area contributed by atoms with Crippen molar-refractivity contribution >= 4 is 46.0 Å². The Morgan fingerprint density at radius 3 is 3.03 bits per heavy atom. The highest BCUT2D eigenvalue weighted by atomic mass is 32.2. The molecule has 2 N–H and O–H groups in total. The Balaban J connectivity index is 1.11. The van der Waals surface area contributed by atoms with Crippen LogP contribution in [0.5, 0.6) is 0 Å². The second-order valence-corrected chi connectivity index (χ2v) is 8.96.